The van der Waals surface area contributed by atoms with Crippen LogP contribution in [0.2, 0.25) is 0 Å². The molecule has 0 aliphatic heterocycles. The summed E-state index contributed by atoms with van der Waals surface area (Å²) in [6.07, 6.45) is 0. The molecule has 0 amide bonds. The molecule has 0 aliphatic rings. The molecule has 0 spiro atoms. The summed E-state index contributed by atoms with van der Waals surface area (Å²) in [5, 5.41) is 8.45. The molecule has 9 heteroatoms. The predicted molar refractivity (Wildman–Crippen MR) is 51.1 cm³/mol. The molecule has 0 saturated carbocycles. The van der Waals surface area contributed by atoms with Crippen molar-refractivity contribution in [2.24, 2.45) is 7.05 Å². The molecule has 1 heterocycles. The number of aromatic nitrogens is 4. The van der Waals surface area contributed by atoms with Gasteiger partial charge in [-0.1, -0.05) is 0 Å². The summed E-state index contributed by atoms with van der Waals surface area (Å²) in [5.41, 5.74) is -0.0218. The first kappa shape index (κ1) is 14.9. The summed E-state index contributed by atoms with van der Waals surface area (Å²) in [6.45, 7) is 8.17. The highest BCUT2D eigenvalue weighted by atomic mass is 19.5. The lowest BCUT2D eigenvalue weighted by atomic mass is 10.1. The van der Waals surface area contributed by atoms with Gasteiger partial charge in [0.15, 0.2) is 0 Å². The van der Waals surface area contributed by atoms with E-state index in [0.717, 1.165) is 5.82 Å². The fourth-order valence-electron chi connectivity index (χ4n) is 0.698. The average molecular weight is 242 g/mol. The molecule has 0 fully saturated rings. The van der Waals surface area contributed by atoms with Gasteiger partial charge >= 0.3 is 7.25 Å². The van der Waals surface area contributed by atoms with E-state index in [4.69, 9.17) is 0 Å². The van der Waals surface area contributed by atoms with E-state index in [2.05, 4.69) is 31.1 Å². The third-order valence-corrected chi connectivity index (χ3v) is 1.53. The van der Waals surface area contributed by atoms with E-state index in [1.54, 1.807) is 9.48 Å². The van der Waals surface area contributed by atoms with Crippen LogP contribution in [0, 0.1) is 6.92 Å². The standard InChI is InChI=1S/C7H15N4.BF4/c1-6-8-11(7(2,3)4)9-10(6)5;2-1(3,4)5/h1-5H3;/q+1;-1. The van der Waals surface area contributed by atoms with Gasteiger partial charge in [0.2, 0.25) is 0 Å². The normalized spacial score (nSPS) is 12.1. The summed E-state index contributed by atoms with van der Waals surface area (Å²) in [6, 6.07) is 0. The Labute approximate surface area is 91.3 Å². The Morgan fingerprint density at radius 2 is 1.56 bits per heavy atom. The molecule has 0 saturated heterocycles. The molecule has 16 heavy (non-hydrogen) atoms. The summed E-state index contributed by atoms with van der Waals surface area (Å²) in [7, 11) is -4.11. The Kier molecular flexibility index (Phi) is 4.45. The molecule has 0 unspecified atom stereocenters. The van der Waals surface area contributed by atoms with Crippen molar-refractivity contribution in [3.8, 4) is 0 Å². The number of hydrogen-bond donors (Lipinski definition) is 0. The molecule has 0 radical (unpaired) electrons. The maximum absolute atomic E-state index is 9.75. The van der Waals surface area contributed by atoms with Crippen LogP contribution in [0.25, 0.3) is 0 Å². The number of aryl methyl sites for hydroxylation is 2. The number of tetrazole rings is 1. The summed E-state index contributed by atoms with van der Waals surface area (Å²) >= 11 is 0. The minimum atomic E-state index is -6.00. The van der Waals surface area contributed by atoms with Gasteiger partial charge in [0, 0.05) is 6.92 Å². The quantitative estimate of drug-likeness (QED) is 0.392. The van der Waals surface area contributed by atoms with E-state index in [-0.39, 0.29) is 5.54 Å². The minimum Gasteiger partial charge on any atom is -0.418 e. The first-order chi connectivity index (χ1) is 6.91. The number of nitrogens with zero attached hydrogens (tertiary/aromatic N) is 4. The van der Waals surface area contributed by atoms with Crippen molar-refractivity contribution < 1.29 is 21.9 Å². The molecule has 0 N–H and O–H groups in total. The van der Waals surface area contributed by atoms with Crippen LogP contribution in [0.1, 0.15) is 26.6 Å². The highest BCUT2D eigenvalue weighted by Gasteiger charge is 2.24. The molecular formula is C7H15BF4N4. The van der Waals surface area contributed by atoms with E-state index < -0.39 is 7.25 Å². The fourth-order valence-corrected chi connectivity index (χ4v) is 0.698. The molecule has 0 aliphatic carbocycles. The Bertz CT molecular complexity index is 316. The van der Waals surface area contributed by atoms with Crippen LogP contribution in [0.5, 0.6) is 0 Å². The summed E-state index contributed by atoms with van der Waals surface area (Å²) < 4.78 is 40.8. The van der Waals surface area contributed by atoms with Crippen LogP contribution in [0.3, 0.4) is 0 Å². The largest absolute Gasteiger partial charge is 0.673 e. The molecule has 1 aromatic heterocycles. The van der Waals surface area contributed by atoms with Crippen LogP contribution in [-0.4, -0.2) is 22.4 Å². The summed E-state index contributed by atoms with van der Waals surface area (Å²) in [5.74, 6) is 0.930. The smallest absolute Gasteiger partial charge is 0.418 e. The van der Waals surface area contributed by atoms with Crippen LogP contribution < -0.4 is 4.68 Å². The molecule has 1 rings (SSSR count). The van der Waals surface area contributed by atoms with E-state index >= 15 is 0 Å². The van der Waals surface area contributed by atoms with E-state index in [1.165, 1.54) is 0 Å². The highest BCUT2D eigenvalue weighted by molar-refractivity contribution is 6.50. The van der Waals surface area contributed by atoms with Gasteiger partial charge in [-0.15, -0.1) is 4.68 Å². The molecule has 4 nitrogen and oxygen atoms in total. The van der Waals surface area contributed by atoms with E-state index in [1.807, 2.05) is 14.0 Å². The second kappa shape index (κ2) is 4.79. The lowest BCUT2D eigenvalue weighted by Crippen LogP contribution is -2.36. The molecule has 0 bridgehead atoms. The SMILES string of the molecule is Cc1nn(C(C)(C)C)n[n+]1C.F[B-](F)(F)F. The van der Waals surface area contributed by atoms with Gasteiger partial charge in [0.1, 0.15) is 5.54 Å². The van der Waals surface area contributed by atoms with Gasteiger partial charge < -0.3 is 17.3 Å². The van der Waals surface area contributed by atoms with Crippen molar-refractivity contribution in [1.29, 1.82) is 0 Å². The van der Waals surface area contributed by atoms with E-state index in [9.17, 15) is 17.3 Å². The minimum absolute atomic E-state index is 0.0218. The van der Waals surface area contributed by atoms with Crippen molar-refractivity contribution in [2.75, 3.05) is 0 Å². The average Bonchev–Trinajstić information content (AvgIpc) is 2.27. The van der Waals surface area contributed by atoms with Gasteiger partial charge in [-0.3, -0.25) is 0 Å². The number of hydrogen-bond acceptors (Lipinski definition) is 2. The maximum Gasteiger partial charge on any atom is 0.673 e. The third kappa shape index (κ3) is 6.36. The highest BCUT2D eigenvalue weighted by Crippen LogP contribution is 2.08. The molecule has 94 valence electrons. The number of rotatable bonds is 0. The van der Waals surface area contributed by atoms with Gasteiger partial charge in [-0.25, -0.2) is 0 Å². The predicted octanol–water partition coefficient (Wildman–Crippen LogP) is 1.47. The maximum atomic E-state index is 9.75. The summed E-state index contributed by atoms with van der Waals surface area (Å²) in [4.78, 5) is 1.72. The zero-order valence-electron chi connectivity index (χ0n) is 9.88. The van der Waals surface area contributed by atoms with Crippen LogP contribution in [0.4, 0.5) is 17.3 Å². The lowest BCUT2D eigenvalue weighted by Gasteiger charge is -2.07. The first-order valence-electron chi connectivity index (χ1n) is 4.59. The van der Waals surface area contributed by atoms with Crippen molar-refractivity contribution in [1.82, 2.24) is 15.1 Å². The zero-order valence-corrected chi connectivity index (χ0v) is 9.88. The second-order valence-electron chi connectivity index (χ2n) is 4.22. The molecular weight excluding hydrogens is 227 g/mol. The Hall–Kier alpha value is -1.15. The van der Waals surface area contributed by atoms with Crippen molar-refractivity contribution in [3.05, 3.63) is 5.82 Å². The van der Waals surface area contributed by atoms with E-state index in [0.29, 0.717) is 0 Å². The van der Waals surface area contributed by atoms with Crippen LogP contribution in [-0.2, 0) is 12.6 Å². The molecule has 0 atom stereocenters. The monoisotopic (exact) mass is 242 g/mol. The number of halogens is 4. The van der Waals surface area contributed by atoms with Gasteiger partial charge in [0.05, 0.1) is 17.4 Å². The van der Waals surface area contributed by atoms with Gasteiger partial charge in [0.25, 0.3) is 5.82 Å². The third-order valence-electron chi connectivity index (χ3n) is 1.53. The van der Waals surface area contributed by atoms with Crippen LogP contribution in [0.15, 0.2) is 0 Å². The topological polar surface area (TPSA) is 34.6 Å². The van der Waals surface area contributed by atoms with Crippen molar-refractivity contribution in [3.63, 3.8) is 0 Å². The van der Waals surface area contributed by atoms with Crippen molar-refractivity contribution in [2.45, 2.75) is 33.2 Å². The van der Waals surface area contributed by atoms with Gasteiger partial charge in [-0.2, -0.15) is 0 Å². The zero-order chi connectivity index (χ0) is 13.1. The molecule has 1 aromatic rings. The Morgan fingerprint density at radius 1 is 1.19 bits per heavy atom. The second-order valence-corrected chi connectivity index (χ2v) is 4.22. The Morgan fingerprint density at radius 3 is 1.69 bits per heavy atom. The first-order valence-corrected chi connectivity index (χ1v) is 4.59. The molecule has 0 aromatic carbocycles. The Balaban J connectivity index is 0.000000385. The fraction of sp³-hybridized carbons (Fsp3) is 0.857. The lowest BCUT2D eigenvalue weighted by molar-refractivity contribution is -0.738. The van der Waals surface area contributed by atoms with Crippen LogP contribution >= 0.6 is 0 Å². The van der Waals surface area contributed by atoms with Gasteiger partial charge in [-0.05, 0) is 25.6 Å². The van der Waals surface area contributed by atoms with Crippen molar-refractivity contribution >= 4 is 7.25 Å².